The maximum absolute atomic E-state index is 13.9. The van der Waals surface area contributed by atoms with E-state index in [1.54, 1.807) is 92.0 Å². The van der Waals surface area contributed by atoms with Gasteiger partial charge >= 0.3 is 5.97 Å². The van der Waals surface area contributed by atoms with E-state index in [2.05, 4.69) is 44.8 Å². The number of carbonyl (C=O) groups excluding carboxylic acids is 3. The molecule has 2 aliphatic rings. The number of aromatic nitrogens is 1. The molecule has 2 heterocycles. The summed E-state index contributed by atoms with van der Waals surface area (Å²) in [7, 11) is 1.54. The van der Waals surface area contributed by atoms with Crippen LogP contribution in [0, 0.1) is 11.8 Å². The van der Waals surface area contributed by atoms with E-state index in [9.17, 15) is 34.5 Å². The first-order valence-corrected chi connectivity index (χ1v) is 25.2. The van der Waals surface area contributed by atoms with Crippen LogP contribution in [0.15, 0.2) is 156 Å². The van der Waals surface area contributed by atoms with E-state index in [0.717, 1.165) is 43.6 Å². The summed E-state index contributed by atoms with van der Waals surface area (Å²) in [4.78, 5) is 57.3. The van der Waals surface area contributed by atoms with Gasteiger partial charge in [-0.1, -0.05) is 103 Å². The Kier molecular flexibility index (Phi) is 16.3. The fourth-order valence-electron chi connectivity index (χ4n) is 10.00. The van der Waals surface area contributed by atoms with E-state index < -0.39 is 17.7 Å². The van der Waals surface area contributed by atoms with Gasteiger partial charge in [-0.25, -0.2) is 4.79 Å². The van der Waals surface area contributed by atoms with Crippen LogP contribution in [0.1, 0.15) is 92.3 Å². The van der Waals surface area contributed by atoms with Gasteiger partial charge < -0.3 is 45.1 Å². The van der Waals surface area contributed by atoms with E-state index in [1.165, 1.54) is 17.7 Å². The van der Waals surface area contributed by atoms with Crippen LogP contribution in [-0.2, 0) is 34.8 Å². The number of fused-ring (bicyclic) bond motifs is 1. The molecule has 2 atom stereocenters. The number of Topliss-reactive ketones (excluding diaryl/α,β-unsaturated/α-hetero) is 1. The number of H-pyrrole nitrogens is 1. The third-order valence-corrected chi connectivity index (χ3v) is 14.3. The molecule has 14 nitrogen and oxygen atoms in total. The lowest BCUT2D eigenvalue weighted by molar-refractivity contribution is -0.164. The number of benzene rings is 6. The molecule has 6 N–H and O–H groups in total. The van der Waals surface area contributed by atoms with Gasteiger partial charge in [-0.2, -0.15) is 0 Å². The molecular weight excluding hydrogens is 937 g/mol. The highest BCUT2D eigenvalue weighted by atomic mass is 16.6. The zero-order valence-corrected chi connectivity index (χ0v) is 41.4. The SMILES string of the molecule is COc1cc(C(=O)CC2CC(NC(=O)c3ccc(COc4cccc([C@](O)(C(=O)OCC5CCN(Cc6ccccc6)CC5)c5ccccc5)c4)cc3)C2)ccc1CNC[C@H](O)c1ccc(O)c2[nH]c(=O)ccc12. The fraction of sp³-hybridized carbons (Fsp3) is 0.300. The standard InChI is InChI=1S/C60H62N4O10/c1-72-55-32-44(19-20-45(55)34-61-35-54(67)50-21-23-52(65)57-51(50)22-24-56(68)63-57)53(66)31-42-29-48(30-42)62-58(69)43-17-15-40(16-18-43)37-73-49-14-8-13-47(33-49)60(71,46-11-6-3-7-12-46)59(70)74-38-41-25-27-64(28-26-41)36-39-9-4-2-5-10-39/h2-24,32-33,41-42,48,54,61,65,67,71H,25-31,34-38H2,1H3,(H,62,69)(H,63,68)/t42?,48?,54-,60-/m0/s1. The molecule has 382 valence electrons. The number of aromatic amines is 1. The second-order valence-electron chi connectivity index (χ2n) is 19.5. The molecule has 2 fully saturated rings. The van der Waals surface area contributed by atoms with Crippen molar-refractivity contribution < 1.29 is 43.9 Å². The molecule has 14 heteroatoms. The largest absolute Gasteiger partial charge is 0.506 e. The molecule has 74 heavy (non-hydrogen) atoms. The maximum Gasteiger partial charge on any atom is 0.347 e. The highest BCUT2D eigenvalue weighted by molar-refractivity contribution is 5.97. The zero-order valence-electron chi connectivity index (χ0n) is 41.4. The number of aromatic hydroxyl groups is 1. The van der Waals surface area contributed by atoms with Crippen LogP contribution < -0.4 is 25.7 Å². The molecular formula is C60H62N4O10. The van der Waals surface area contributed by atoms with Crippen molar-refractivity contribution in [1.29, 1.82) is 0 Å². The number of piperidine rings is 1. The van der Waals surface area contributed by atoms with Crippen LogP contribution in [0.25, 0.3) is 10.9 Å². The van der Waals surface area contributed by atoms with Crippen molar-refractivity contribution in [2.24, 2.45) is 11.8 Å². The lowest BCUT2D eigenvalue weighted by Gasteiger charge is -2.35. The van der Waals surface area contributed by atoms with Crippen molar-refractivity contribution in [3.05, 3.63) is 207 Å². The quantitative estimate of drug-likeness (QED) is 0.0299. The first-order valence-electron chi connectivity index (χ1n) is 25.2. The summed E-state index contributed by atoms with van der Waals surface area (Å²) >= 11 is 0. The molecule has 1 aliphatic carbocycles. The number of phenolic OH excluding ortho intramolecular Hbond substituents is 1. The Hall–Kier alpha value is -7.62. The first-order chi connectivity index (χ1) is 35.9. The van der Waals surface area contributed by atoms with Crippen molar-refractivity contribution in [3.63, 3.8) is 0 Å². The predicted octanol–water partition coefficient (Wildman–Crippen LogP) is 8.12. The summed E-state index contributed by atoms with van der Waals surface area (Å²) in [6.45, 7) is 3.65. The average Bonchev–Trinajstić information content (AvgIpc) is 3.42. The number of hydrogen-bond donors (Lipinski definition) is 6. The number of esters is 1. The number of hydrogen-bond acceptors (Lipinski definition) is 12. The zero-order chi connectivity index (χ0) is 51.6. The number of aliphatic hydroxyl groups excluding tert-OH is 1. The average molecular weight is 999 g/mol. The first kappa shape index (κ1) is 51.3. The highest BCUT2D eigenvalue weighted by Crippen LogP contribution is 2.36. The van der Waals surface area contributed by atoms with E-state index >= 15 is 0 Å². The predicted molar refractivity (Wildman–Crippen MR) is 281 cm³/mol. The van der Waals surface area contributed by atoms with Crippen molar-refractivity contribution in [2.45, 2.75) is 69.5 Å². The smallest absolute Gasteiger partial charge is 0.347 e. The summed E-state index contributed by atoms with van der Waals surface area (Å²) in [5.41, 5.74) is 3.07. The van der Waals surface area contributed by atoms with Gasteiger partial charge in [0.1, 0.15) is 23.9 Å². The van der Waals surface area contributed by atoms with Gasteiger partial charge in [0, 0.05) is 65.8 Å². The molecule has 0 unspecified atom stereocenters. The molecule has 1 saturated carbocycles. The number of nitrogens with zero attached hydrogens (tertiary/aromatic N) is 1. The highest BCUT2D eigenvalue weighted by Gasteiger charge is 2.42. The van der Waals surface area contributed by atoms with Crippen LogP contribution in [0.3, 0.4) is 0 Å². The number of methoxy groups -OCH3 is 1. The number of aliphatic hydroxyl groups is 2. The monoisotopic (exact) mass is 998 g/mol. The number of nitrogens with one attached hydrogen (secondary N) is 3. The summed E-state index contributed by atoms with van der Waals surface area (Å²) in [5.74, 6) is 0.289. The summed E-state index contributed by atoms with van der Waals surface area (Å²) < 4.78 is 17.7. The van der Waals surface area contributed by atoms with Crippen molar-refractivity contribution in [3.8, 4) is 17.2 Å². The molecule has 6 aromatic carbocycles. The Balaban J connectivity index is 0.718. The van der Waals surface area contributed by atoms with Gasteiger partial charge in [-0.05, 0) is 115 Å². The number of rotatable bonds is 21. The van der Waals surface area contributed by atoms with Crippen molar-refractivity contribution >= 4 is 28.6 Å². The second kappa shape index (κ2) is 23.5. The number of likely N-dealkylation sites (tertiary alicyclic amines) is 1. The van der Waals surface area contributed by atoms with Gasteiger partial charge in [0.05, 0.1) is 25.3 Å². The Morgan fingerprint density at radius 1 is 0.784 bits per heavy atom. The second-order valence-corrected chi connectivity index (χ2v) is 19.5. The van der Waals surface area contributed by atoms with E-state index in [1.807, 2.05) is 30.3 Å². The van der Waals surface area contributed by atoms with Crippen LogP contribution in [0.5, 0.6) is 17.2 Å². The Morgan fingerprint density at radius 2 is 1.50 bits per heavy atom. The van der Waals surface area contributed by atoms with Crippen molar-refractivity contribution in [2.75, 3.05) is 33.4 Å². The molecule has 1 aromatic heterocycles. The number of amides is 1. The number of pyridine rings is 1. The molecule has 1 saturated heterocycles. The number of carbonyl (C=O) groups is 3. The normalized spacial score (nSPS) is 17.1. The van der Waals surface area contributed by atoms with Crippen LogP contribution in [-0.4, -0.2) is 82.3 Å². The van der Waals surface area contributed by atoms with E-state index in [4.69, 9.17) is 14.2 Å². The minimum absolute atomic E-state index is 0.0129. The topological polar surface area (TPSA) is 200 Å². The lowest BCUT2D eigenvalue weighted by Crippen LogP contribution is -2.44. The van der Waals surface area contributed by atoms with Gasteiger partial charge in [0.25, 0.3) is 5.91 Å². The van der Waals surface area contributed by atoms with Crippen LogP contribution in [0.2, 0.25) is 0 Å². The van der Waals surface area contributed by atoms with Gasteiger partial charge in [-0.3, -0.25) is 19.3 Å². The number of ketones is 1. The number of phenols is 1. The summed E-state index contributed by atoms with van der Waals surface area (Å²) in [6, 6.07) is 44.5. The lowest BCUT2D eigenvalue weighted by atomic mass is 9.76. The Bertz CT molecular complexity index is 3120. The Labute approximate surface area is 429 Å². The van der Waals surface area contributed by atoms with Gasteiger partial charge in [-0.15, -0.1) is 0 Å². The minimum atomic E-state index is -2.06. The maximum atomic E-state index is 13.9. The third-order valence-electron chi connectivity index (χ3n) is 14.3. The van der Waals surface area contributed by atoms with Crippen molar-refractivity contribution in [1.82, 2.24) is 20.5 Å². The van der Waals surface area contributed by atoms with Gasteiger partial charge in [0.2, 0.25) is 11.2 Å². The third kappa shape index (κ3) is 12.2. The minimum Gasteiger partial charge on any atom is -0.506 e. The van der Waals surface area contributed by atoms with Crippen LogP contribution >= 0.6 is 0 Å². The number of ether oxygens (including phenoxy) is 3. The van der Waals surface area contributed by atoms with E-state index in [0.29, 0.717) is 70.5 Å². The van der Waals surface area contributed by atoms with Crippen LogP contribution in [0.4, 0.5) is 0 Å². The molecule has 0 bridgehead atoms. The van der Waals surface area contributed by atoms with E-state index in [-0.39, 0.29) is 66.2 Å². The summed E-state index contributed by atoms with van der Waals surface area (Å²) in [5, 5.41) is 40.3. The molecule has 7 aromatic rings. The molecule has 9 rings (SSSR count). The summed E-state index contributed by atoms with van der Waals surface area (Å²) in [6.07, 6.45) is 2.57. The van der Waals surface area contributed by atoms with Gasteiger partial charge in [0.15, 0.2) is 5.78 Å². The molecule has 0 radical (unpaired) electrons. The molecule has 1 amide bonds. The molecule has 0 spiro atoms. The fourth-order valence-corrected chi connectivity index (χ4v) is 10.00. The Morgan fingerprint density at radius 3 is 2.24 bits per heavy atom. The molecule has 1 aliphatic heterocycles.